The molecule has 122 valence electrons. The van der Waals surface area contributed by atoms with Crippen LogP contribution in [0.5, 0.6) is 0 Å². The Morgan fingerprint density at radius 3 is 2.55 bits per heavy atom. The number of hydrogen-bond donors (Lipinski definition) is 1. The summed E-state index contributed by atoms with van der Waals surface area (Å²) >= 11 is 1.65. The zero-order valence-electron chi connectivity index (χ0n) is 11.6. The molecule has 3 rings (SSSR count). The fourth-order valence-corrected chi connectivity index (χ4v) is 3.34. The first-order valence-corrected chi connectivity index (χ1v) is 7.36. The molecule has 1 N–H and O–H groups in total. The molecule has 1 saturated heterocycles. The van der Waals surface area contributed by atoms with Gasteiger partial charge in [-0.15, -0.1) is 36.2 Å². The molecule has 2 aromatic rings. The molecular formula is C13H17Cl2N3O3S. The molecule has 2 aromatic heterocycles. The van der Waals surface area contributed by atoms with Crippen LogP contribution in [-0.4, -0.2) is 36.0 Å². The monoisotopic (exact) mass is 365 g/mol. The van der Waals surface area contributed by atoms with Gasteiger partial charge in [0.25, 0.3) is 0 Å². The van der Waals surface area contributed by atoms with E-state index in [-0.39, 0.29) is 36.7 Å². The molecule has 0 saturated carbocycles. The zero-order valence-corrected chi connectivity index (χ0v) is 14.1. The van der Waals surface area contributed by atoms with Gasteiger partial charge >= 0.3 is 5.88 Å². The first kappa shape index (κ1) is 18.9. The van der Waals surface area contributed by atoms with Crippen molar-refractivity contribution in [2.24, 2.45) is 0 Å². The second-order valence-corrected chi connectivity index (χ2v) is 5.62. The van der Waals surface area contributed by atoms with Gasteiger partial charge in [-0.3, -0.25) is 15.0 Å². The molecule has 0 bridgehead atoms. The van der Waals surface area contributed by atoms with Gasteiger partial charge in [-0.2, -0.15) is 0 Å². The summed E-state index contributed by atoms with van der Waals surface area (Å²) in [5, 5.41) is 16.1. The first-order valence-electron chi connectivity index (χ1n) is 6.48. The van der Waals surface area contributed by atoms with Crippen LogP contribution in [0.15, 0.2) is 34.1 Å². The van der Waals surface area contributed by atoms with Crippen molar-refractivity contribution in [2.75, 3.05) is 26.2 Å². The van der Waals surface area contributed by atoms with E-state index < -0.39 is 4.92 Å². The first-order chi connectivity index (χ1) is 9.75. The maximum Gasteiger partial charge on any atom is 0.433 e. The van der Waals surface area contributed by atoms with Gasteiger partial charge in [0.1, 0.15) is 16.7 Å². The Morgan fingerprint density at radius 2 is 2.00 bits per heavy atom. The Labute approximate surface area is 144 Å². The topological polar surface area (TPSA) is 71.6 Å². The van der Waals surface area contributed by atoms with Crippen molar-refractivity contribution in [2.45, 2.75) is 6.04 Å². The number of nitro groups is 1. The summed E-state index contributed by atoms with van der Waals surface area (Å²) in [6.07, 6.45) is 0. The Morgan fingerprint density at radius 1 is 1.27 bits per heavy atom. The predicted octanol–water partition coefficient (Wildman–Crippen LogP) is 3.09. The van der Waals surface area contributed by atoms with Gasteiger partial charge < -0.3 is 9.73 Å². The summed E-state index contributed by atoms with van der Waals surface area (Å²) in [6.45, 7) is 3.64. The molecule has 3 heterocycles. The van der Waals surface area contributed by atoms with Gasteiger partial charge in [0, 0.05) is 31.1 Å². The zero-order chi connectivity index (χ0) is 13.9. The number of piperazine rings is 1. The lowest BCUT2D eigenvalue weighted by atomic mass is 10.1. The largest absolute Gasteiger partial charge is 0.433 e. The van der Waals surface area contributed by atoms with E-state index >= 15 is 0 Å². The summed E-state index contributed by atoms with van der Waals surface area (Å²) in [5.74, 6) is 0.442. The van der Waals surface area contributed by atoms with Crippen molar-refractivity contribution in [1.82, 2.24) is 10.2 Å². The van der Waals surface area contributed by atoms with E-state index in [0.717, 1.165) is 31.1 Å². The normalized spacial score (nSPS) is 16.4. The van der Waals surface area contributed by atoms with E-state index in [1.807, 2.05) is 17.5 Å². The Balaban J connectivity index is 0.00000121. The van der Waals surface area contributed by atoms with Crippen LogP contribution < -0.4 is 5.32 Å². The number of thiophene rings is 1. The number of nitrogens with zero attached hydrogens (tertiary/aromatic N) is 2. The van der Waals surface area contributed by atoms with Crippen LogP contribution in [0.4, 0.5) is 5.88 Å². The molecule has 0 aliphatic carbocycles. The molecule has 0 spiro atoms. The fraction of sp³-hybridized carbons (Fsp3) is 0.385. The van der Waals surface area contributed by atoms with Crippen molar-refractivity contribution < 1.29 is 9.34 Å². The third-order valence-electron chi connectivity index (χ3n) is 3.39. The third-order valence-corrected chi connectivity index (χ3v) is 4.32. The van der Waals surface area contributed by atoms with Crippen molar-refractivity contribution in [1.29, 1.82) is 0 Å². The highest BCUT2D eigenvalue weighted by atomic mass is 35.5. The smallest absolute Gasteiger partial charge is 0.404 e. The molecule has 0 radical (unpaired) electrons. The second-order valence-electron chi connectivity index (χ2n) is 4.64. The van der Waals surface area contributed by atoms with Crippen LogP contribution >= 0.6 is 36.2 Å². The Bertz CT molecular complexity index is 585. The fourth-order valence-electron chi connectivity index (χ4n) is 2.47. The molecule has 6 nitrogen and oxygen atoms in total. The van der Waals surface area contributed by atoms with Crippen LogP contribution in [-0.2, 0) is 0 Å². The average molecular weight is 366 g/mol. The van der Waals surface area contributed by atoms with Crippen LogP contribution in [0.3, 0.4) is 0 Å². The Hall–Kier alpha value is -1.12. The van der Waals surface area contributed by atoms with Gasteiger partial charge in [-0.05, 0) is 17.5 Å². The van der Waals surface area contributed by atoms with Crippen molar-refractivity contribution >= 4 is 42.0 Å². The molecule has 1 aliphatic heterocycles. The predicted molar refractivity (Wildman–Crippen MR) is 90.5 cm³/mol. The second kappa shape index (κ2) is 8.50. The summed E-state index contributed by atoms with van der Waals surface area (Å²) in [5.41, 5.74) is 0. The lowest BCUT2D eigenvalue weighted by molar-refractivity contribution is -0.402. The van der Waals surface area contributed by atoms with Crippen molar-refractivity contribution in [3.05, 3.63) is 50.4 Å². The molecule has 0 amide bonds. The van der Waals surface area contributed by atoms with Crippen molar-refractivity contribution in [3.63, 3.8) is 0 Å². The molecule has 0 aromatic carbocycles. The third kappa shape index (κ3) is 3.99. The maximum atomic E-state index is 10.8. The van der Waals surface area contributed by atoms with Crippen LogP contribution in [0, 0.1) is 10.1 Å². The van der Waals surface area contributed by atoms with Gasteiger partial charge in [-0.25, -0.2) is 0 Å². The number of nitrogens with one attached hydrogen (secondary N) is 1. The van der Waals surface area contributed by atoms with E-state index in [4.69, 9.17) is 4.42 Å². The SMILES string of the molecule is Cl.Cl.O=[N+]([O-])c1ccc([C@@H](c2cccs2)N2CCNCC2)o1. The van der Waals surface area contributed by atoms with E-state index in [0.29, 0.717) is 5.76 Å². The molecule has 22 heavy (non-hydrogen) atoms. The molecule has 1 fully saturated rings. The average Bonchev–Trinajstić information content (AvgIpc) is 3.12. The minimum Gasteiger partial charge on any atom is -0.404 e. The molecule has 1 atom stereocenters. The minimum atomic E-state index is -0.493. The highest BCUT2D eigenvalue weighted by Gasteiger charge is 2.28. The van der Waals surface area contributed by atoms with Crippen LogP contribution in [0.25, 0.3) is 0 Å². The standard InChI is InChI=1S/C13H15N3O3S.2ClH/c17-16(18)12-4-3-10(19-12)13(11-2-1-9-20-11)15-7-5-14-6-8-15;;/h1-4,9,13-14H,5-8H2;2*1H/t13-;;/m0../s1. The summed E-state index contributed by atoms with van der Waals surface area (Å²) < 4.78 is 5.43. The summed E-state index contributed by atoms with van der Waals surface area (Å²) in [4.78, 5) is 13.7. The quantitative estimate of drug-likeness (QED) is 0.665. The lowest BCUT2D eigenvalue weighted by Crippen LogP contribution is -2.45. The minimum absolute atomic E-state index is 0. The number of halogens is 2. The van der Waals surface area contributed by atoms with Crippen molar-refractivity contribution in [3.8, 4) is 0 Å². The Kier molecular flexibility index (Phi) is 7.31. The maximum absolute atomic E-state index is 10.8. The van der Waals surface area contributed by atoms with Gasteiger partial charge in [0.05, 0.1) is 6.07 Å². The van der Waals surface area contributed by atoms with Gasteiger partial charge in [0.2, 0.25) is 0 Å². The van der Waals surface area contributed by atoms with Gasteiger partial charge in [-0.1, -0.05) is 6.07 Å². The summed E-state index contributed by atoms with van der Waals surface area (Å²) in [7, 11) is 0. The number of hydrogen-bond acceptors (Lipinski definition) is 6. The molecule has 9 heteroatoms. The lowest BCUT2D eigenvalue weighted by Gasteiger charge is -2.33. The highest BCUT2D eigenvalue weighted by Crippen LogP contribution is 2.34. The molecular weight excluding hydrogens is 349 g/mol. The van der Waals surface area contributed by atoms with Crippen LogP contribution in [0.2, 0.25) is 0 Å². The van der Waals surface area contributed by atoms with Crippen LogP contribution in [0.1, 0.15) is 16.7 Å². The van der Waals surface area contributed by atoms with E-state index in [9.17, 15) is 10.1 Å². The molecule has 0 unspecified atom stereocenters. The summed E-state index contributed by atoms with van der Waals surface area (Å²) in [6, 6.07) is 7.15. The molecule has 1 aliphatic rings. The van der Waals surface area contributed by atoms with E-state index in [1.54, 1.807) is 17.4 Å². The van der Waals surface area contributed by atoms with Gasteiger partial charge in [0.15, 0.2) is 0 Å². The highest BCUT2D eigenvalue weighted by molar-refractivity contribution is 7.10. The van der Waals surface area contributed by atoms with E-state index in [2.05, 4.69) is 10.2 Å². The number of furan rings is 1. The van der Waals surface area contributed by atoms with E-state index in [1.165, 1.54) is 6.07 Å². The number of rotatable bonds is 4.